The highest BCUT2D eigenvalue weighted by molar-refractivity contribution is 5.27. The van der Waals surface area contributed by atoms with Crippen molar-refractivity contribution in [2.45, 2.75) is 65.3 Å². The Kier molecular flexibility index (Phi) is 5.87. The summed E-state index contributed by atoms with van der Waals surface area (Å²) in [6.45, 7) is 9.28. The molecule has 0 heterocycles. The fraction of sp³-hybridized carbons (Fsp3) is 0.700. The number of benzene rings is 1. The monoisotopic (exact) mass is 287 g/mol. The van der Waals surface area contributed by atoms with Crippen molar-refractivity contribution in [3.8, 4) is 0 Å². The standard InChI is InChI=1S/C20H33N/c1-14(2)16-6-10-18(11-7-16)20(21-5)19-12-8-17(9-13-19)15(3)4/h6-7,10-11,14-15,17,19-21H,8-9,12-13H2,1-5H3. The van der Waals surface area contributed by atoms with Gasteiger partial charge in [0, 0.05) is 6.04 Å². The van der Waals surface area contributed by atoms with Crippen LogP contribution in [-0.4, -0.2) is 7.05 Å². The average molecular weight is 287 g/mol. The number of rotatable bonds is 5. The lowest BCUT2D eigenvalue weighted by molar-refractivity contribution is 0.192. The molecular formula is C20H33N. The Morgan fingerprint density at radius 2 is 1.29 bits per heavy atom. The van der Waals surface area contributed by atoms with Crippen LogP contribution >= 0.6 is 0 Å². The highest BCUT2D eigenvalue weighted by Gasteiger charge is 2.28. The smallest absolute Gasteiger partial charge is 0.0346 e. The van der Waals surface area contributed by atoms with Crippen molar-refractivity contribution in [3.63, 3.8) is 0 Å². The van der Waals surface area contributed by atoms with Gasteiger partial charge < -0.3 is 5.32 Å². The summed E-state index contributed by atoms with van der Waals surface area (Å²) in [5.41, 5.74) is 2.91. The van der Waals surface area contributed by atoms with E-state index in [0.717, 1.165) is 17.8 Å². The highest BCUT2D eigenvalue weighted by Crippen LogP contribution is 2.39. The quantitative estimate of drug-likeness (QED) is 0.750. The first kappa shape index (κ1) is 16.5. The molecule has 0 bridgehead atoms. The molecule has 1 heteroatoms. The minimum absolute atomic E-state index is 0.527. The molecular weight excluding hydrogens is 254 g/mol. The maximum absolute atomic E-state index is 3.58. The van der Waals surface area contributed by atoms with Gasteiger partial charge in [0.2, 0.25) is 0 Å². The molecule has 1 aliphatic carbocycles. The summed E-state index contributed by atoms with van der Waals surface area (Å²) in [5.74, 6) is 3.22. The Morgan fingerprint density at radius 3 is 1.71 bits per heavy atom. The Morgan fingerprint density at radius 1 is 0.810 bits per heavy atom. The van der Waals surface area contributed by atoms with Crippen LogP contribution in [0.15, 0.2) is 24.3 Å². The van der Waals surface area contributed by atoms with Gasteiger partial charge in [0.25, 0.3) is 0 Å². The summed E-state index contributed by atoms with van der Waals surface area (Å²) in [6.07, 6.45) is 5.57. The Labute approximate surface area is 131 Å². The topological polar surface area (TPSA) is 12.0 Å². The van der Waals surface area contributed by atoms with E-state index in [1.165, 1.54) is 36.8 Å². The summed E-state index contributed by atoms with van der Waals surface area (Å²) in [5, 5.41) is 3.58. The predicted octanol–water partition coefficient (Wildman–Crippen LogP) is 5.53. The molecule has 0 aromatic heterocycles. The third-order valence-corrected chi connectivity index (χ3v) is 5.50. The van der Waals surface area contributed by atoms with Crippen molar-refractivity contribution >= 4 is 0 Å². The second-order valence-corrected chi connectivity index (χ2v) is 7.51. The maximum atomic E-state index is 3.58. The van der Waals surface area contributed by atoms with Gasteiger partial charge in [-0.15, -0.1) is 0 Å². The molecule has 1 aliphatic rings. The first-order valence-corrected chi connectivity index (χ1v) is 8.80. The zero-order valence-corrected chi connectivity index (χ0v) is 14.5. The third-order valence-electron chi connectivity index (χ3n) is 5.50. The highest BCUT2D eigenvalue weighted by atomic mass is 14.9. The van der Waals surface area contributed by atoms with Gasteiger partial charge in [-0.3, -0.25) is 0 Å². The van der Waals surface area contributed by atoms with E-state index in [9.17, 15) is 0 Å². The SMILES string of the molecule is CNC(c1ccc(C(C)C)cc1)C1CCC(C(C)C)CC1. The first-order chi connectivity index (χ1) is 10.0. The van der Waals surface area contributed by atoms with Gasteiger partial charge in [0.05, 0.1) is 0 Å². The van der Waals surface area contributed by atoms with Gasteiger partial charge in [-0.2, -0.15) is 0 Å². The van der Waals surface area contributed by atoms with Crippen molar-refractivity contribution < 1.29 is 0 Å². The molecule has 1 N–H and O–H groups in total. The maximum Gasteiger partial charge on any atom is 0.0346 e. The van der Waals surface area contributed by atoms with Crippen LogP contribution in [0.3, 0.4) is 0 Å². The fourth-order valence-electron chi connectivity index (χ4n) is 3.91. The van der Waals surface area contributed by atoms with Crippen LogP contribution in [0.2, 0.25) is 0 Å². The van der Waals surface area contributed by atoms with Crippen LogP contribution in [0, 0.1) is 17.8 Å². The predicted molar refractivity (Wildman–Crippen MR) is 92.6 cm³/mol. The Bertz CT molecular complexity index is 410. The molecule has 0 amide bonds. The zero-order chi connectivity index (χ0) is 15.4. The Hall–Kier alpha value is -0.820. The summed E-state index contributed by atoms with van der Waals surface area (Å²) in [6, 6.07) is 9.82. The number of nitrogens with one attached hydrogen (secondary N) is 1. The van der Waals surface area contributed by atoms with E-state index in [4.69, 9.17) is 0 Å². The molecule has 0 spiro atoms. The van der Waals surface area contributed by atoms with Gasteiger partial charge in [0.15, 0.2) is 0 Å². The van der Waals surface area contributed by atoms with Crippen LogP contribution in [-0.2, 0) is 0 Å². The minimum atomic E-state index is 0.527. The van der Waals surface area contributed by atoms with Gasteiger partial charge in [-0.05, 0) is 67.5 Å². The number of hydrogen-bond donors (Lipinski definition) is 1. The molecule has 1 nitrogen and oxygen atoms in total. The van der Waals surface area contributed by atoms with Crippen molar-refractivity contribution in [2.24, 2.45) is 17.8 Å². The second-order valence-electron chi connectivity index (χ2n) is 7.51. The van der Waals surface area contributed by atoms with Gasteiger partial charge in [-0.1, -0.05) is 52.0 Å². The molecule has 1 unspecified atom stereocenters. The lowest BCUT2D eigenvalue weighted by atomic mass is 9.73. The third kappa shape index (κ3) is 4.10. The Balaban J connectivity index is 2.03. The molecule has 2 rings (SSSR count). The largest absolute Gasteiger partial charge is 0.313 e. The number of hydrogen-bond acceptors (Lipinski definition) is 1. The fourth-order valence-corrected chi connectivity index (χ4v) is 3.91. The van der Waals surface area contributed by atoms with E-state index in [2.05, 4.69) is 64.3 Å². The second kappa shape index (κ2) is 7.45. The molecule has 1 fully saturated rings. The van der Waals surface area contributed by atoms with Crippen LogP contribution in [0.25, 0.3) is 0 Å². The van der Waals surface area contributed by atoms with Crippen molar-refractivity contribution in [1.82, 2.24) is 5.32 Å². The van der Waals surface area contributed by atoms with Crippen LogP contribution in [0.5, 0.6) is 0 Å². The van der Waals surface area contributed by atoms with Crippen LogP contribution < -0.4 is 5.32 Å². The van der Waals surface area contributed by atoms with Crippen molar-refractivity contribution in [2.75, 3.05) is 7.05 Å². The molecule has 118 valence electrons. The van der Waals surface area contributed by atoms with E-state index < -0.39 is 0 Å². The summed E-state index contributed by atoms with van der Waals surface area (Å²) in [4.78, 5) is 0. The molecule has 1 atom stereocenters. The van der Waals surface area contributed by atoms with Gasteiger partial charge in [0.1, 0.15) is 0 Å². The van der Waals surface area contributed by atoms with Crippen LogP contribution in [0.1, 0.15) is 76.5 Å². The average Bonchev–Trinajstić information content (AvgIpc) is 2.49. The first-order valence-electron chi connectivity index (χ1n) is 8.80. The zero-order valence-electron chi connectivity index (χ0n) is 14.5. The van der Waals surface area contributed by atoms with E-state index in [1.807, 2.05) is 0 Å². The molecule has 0 radical (unpaired) electrons. The molecule has 21 heavy (non-hydrogen) atoms. The van der Waals surface area contributed by atoms with Crippen LogP contribution in [0.4, 0.5) is 0 Å². The van der Waals surface area contributed by atoms with E-state index in [1.54, 1.807) is 0 Å². The molecule has 1 saturated carbocycles. The lowest BCUT2D eigenvalue weighted by Gasteiger charge is -2.35. The lowest BCUT2D eigenvalue weighted by Crippen LogP contribution is -2.29. The summed E-state index contributed by atoms with van der Waals surface area (Å²) >= 11 is 0. The molecule has 0 aliphatic heterocycles. The molecule has 1 aromatic rings. The summed E-state index contributed by atoms with van der Waals surface area (Å²) in [7, 11) is 2.12. The van der Waals surface area contributed by atoms with Gasteiger partial charge in [-0.25, -0.2) is 0 Å². The molecule has 1 aromatic carbocycles. The van der Waals surface area contributed by atoms with Crippen molar-refractivity contribution in [3.05, 3.63) is 35.4 Å². The van der Waals surface area contributed by atoms with Crippen molar-refractivity contribution in [1.29, 1.82) is 0 Å². The normalized spacial score (nSPS) is 24.5. The van der Waals surface area contributed by atoms with E-state index in [0.29, 0.717) is 12.0 Å². The van der Waals surface area contributed by atoms with E-state index >= 15 is 0 Å². The molecule has 0 saturated heterocycles. The van der Waals surface area contributed by atoms with Gasteiger partial charge >= 0.3 is 0 Å². The summed E-state index contributed by atoms with van der Waals surface area (Å²) < 4.78 is 0. The van der Waals surface area contributed by atoms with E-state index in [-0.39, 0.29) is 0 Å². The minimum Gasteiger partial charge on any atom is -0.313 e.